The molecule has 1 aromatic heterocycles. The highest BCUT2D eigenvalue weighted by atomic mass is 16.5. The van der Waals surface area contributed by atoms with Crippen LogP contribution in [-0.2, 0) is 0 Å². The third-order valence-electron chi connectivity index (χ3n) is 5.26. The minimum Gasteiger partial charge on any atom is -0.496 e. The third kappa shape index (κ3) is 3.45. The number of amides is 2. The van der Waals surface area contributed by atoms with E-state index in [0.29, 0.717) is 19.0 Å². The summed E-state index contributed by atoms with van der Waals surface area (Å²) < 4.78 is 5.56. The number of aromatic amines is 1. The van der Waals surface area contributed by atoms with Gasteiger partial charge in [0.2, 0.25) is 0 Å². The first kappa shape index (κ1) is 18.1. The van der Waals surface area contributed by atoms with Crippen LogP contribution in [0.5, 0.6) is 5.75 Å². The van der Waals surface area contributed by atoms with Crippen LogP contribution in [0.2, 0.25) is 0 Å². The highest BCUT2D eigenvalue weighted by molar-refractivity contribution is 5.95. The van der Waals surface area contributed by atoms with E-state index in [1.54, 1.807) is 13.3 Å². The number of nitrogens with one attached hydrogen (secondary N) is 1. The fourth-order valence-electron chi connectivity index (χ4n) is 3.69. The van der Waals surface area contributed by atoms with Gasteiger partial charge in [0.25, 0.3) is 0 Å². The molecule has 0 saturated carbocycles. The van der Waals surface area contributed by atoms with Crippen LogP contribution >= 0.6 is 0 Å². The van der Waals surface area contributed by atoms with E-state index < -0.39 is 0 Å². The summed E-state index contributed by atoms with van der Waals surface area (Å²) in [6.45, 7) is 4.27. The van der Waals surface area contributed by atoms with Gasteiger partial charge in [-0.25, -0.2) is 4.79 Å². The number of anilines is 1. The van der Waals surface area contributed by atoms with E-state index in [0.717, 1.165) is 29.1 Å². The number of urea groups is 1. The summed E-state index contributed by atoms with van der Waals surface area (Å²) in [5.74, 6) is 1.02. The lowest BCUT2D eigenvalue weighted by atomic mass is 10.0. The fourth-order valence-corrected chi connectivity index (χ4v) is 3.69. The van der Waals surface area contributed by atoms with Crippen molar-refractivity contribution in [1.29, 1.82) is 0 Å². The maximum Gasteiger partial charge on any atom is 0.324 e. The van der Waals surface area contributed by atoms with Crippen LogP contribution in [0.15, 0.2) is 60.9 Å². The Hall–Kier alpha value is -3.28. The monoisotopic (exact) mass is 376 g/mol. The Labute approximate surface area is 164 Å². The lowest BCUT2D eigenvalue weighted by Crippen LogP contribution is -2.34. The number of rotatable bonds is 6. The maximum atomic E-state index is 13.0. The molecule has 3 aromatic rings. The average molecular weight is 376 g/mol. The average Bonchev–Trinajstić information content (AvgIpc) is 3.39. The summed E-state index contributed by atoms with van der Waals surface area (Å²) in [5, 5.41) is 6.81. The van der Waals surface area contributed by atoms with E-state index in [-0.39, 0.29) is 6.03 Å². The third-order valence-corrected chi connectivity index (χ3v) is 5.26. The molecule has 0 radical (unpaired) electrons. The van der Waals surface area contributed by atoms with E-state index >= 15 is 0 Å². The second-order valence-electron chi connectivity index (χ2n) is 7.06. The number of carbonyl (C=O) groups excluding carboxylic acids is 1. The molecule has 1 fully saturated rings. The summed E-state index contributed by atoms with van der Waals surface area (Å²) in [4.78, 5) is 16.7. The van der Waals surface area contributed by atoms with E-state index in [2.05, 4.69) is 29.3 Å². The van der Waals surface area contributed by atoms with Gasteiger partial charge in [-0.1, -0.05) is 37.3 Å². The molecular formula is C22H24N4O2. The van der Waals surface area contributed by atoms with E-state index in [1.807, 2.05) is 52.4 Å². The first-order chi connectivity index (χ1) is 13.7. The summed E-state index contributed by atoms with van der Waals surface area (Å²) >= 11 is 0. The molecule has 2 heterocycles. The molecule has 1 N–H and O–H groups in total. The summed E-state index contributed by atoms with van der Waals surface area (Å²) in [6.07, 6.45) is 3.58. The first-order valence-electron chi connectivity index (χ1n) is 9.46. The summed E-state index contributed by atoms with van der Waals surface area (Å²) in [6, 6.07) is 16.2. The molecular weight excluding hydrogens is 352 g/mol. The van der Waals surface area contributed by atoms with Gasteiger partial charge in [-0.05, 0) is 23.6 Å². The Morgan fingerprint density at radius 2 is 2.00 bits per heavy atom. The van der Waals surface area contributed by atoms with Crippen molar-refractivity contribution in [2.45, 2.75) is 12.8 Å². The van der Waals surface area contributed by atoms with Crippen molar-refractivity contribution in [3.63, 3.8) is 0 Å². The number of benzene rings is 2. The number of hydrogen-bond acceptors (Lipinski definition) is 3. The van der Waals surface area contributed by atoms with E-state index in [4.69, 9.17) is 4.74 Å². The van der Waals surface area contributed by atoms with Gasteiger partial charge < -0.3 is 9.64 Å². The first-order valence-corrected chi connectivity index (χ1v) is 9.46. The molecule has 1 saturated heterocycles. The number of carbonyl (C=O) groups is 1. The molecule has 1 atom stereocenters. The summed E-state index contributed by atoms with van der Waals surface area (Å²) in [7, 11) is 1.64. The standard InChI is InChI=1S/C22H24N4O2/c1-16(17-6-4-3-5-7-17)15-25-10-11-26(22(25)27)19-8-9-20(21(12-19)28-2)18-13-23-24-14-18/h3-9,12-14,16H,10-11,15H2,1-2H3,(H,23,24)/t16-/m1/s1. The van der Waals surface area contributed by atoms with Crippen LogP contribution in [-0.4, -0.2) is 47.9 Å². The molecule has 6 nitrogen and oxygen atoms in total. The summed E-state index contributed by atoms with van der Waals surface area (Å²) in [5.41, 5.74) is 4.00. The van der Waals surface area contributed by atoms with Gasteiger partial charge in [-0.3, -0.25) is 10.00 Å². The highest BCUT2D eigenvalue weighted by Crippen LogP contribution is 2.34. The zero-order valence-corrected chi connectivity index (χ0v) is 16.1. The topological polar surface area (TPSA) is 61.5 Å². The van der Waals surface area contributed by atoms with Crippen LogP contribution in [0.3, 0.4) is 0 Å². The van der Waals surface area contributed by atoms with Gasteiger partial charge in [0.15, 0.2) is 0 Å². The molecule has 144 valence electrons. The molecule has 28 heavy (non-hydrogen) atoms. The number of hydrogen-bond donors (Lipinski definition) is 1. The van der Waals surface area contributed by atoms with Crippen molar-refractivity contribution in [2.24, 2.45) is 0 Å². The molecule has 0 aliphatic carbocycles. The largest absolute Gasteiger partial charge is 0.496 e. The SMILES string of the molecule is COc1cc(N2CCN(C[C@@H](C)c3ccccc3)C2=O)ccc1-c1cn[nH]c1. The lowest BCUT2D eigenvalue weighted by molar-refractivity contribution is 0.218. The van der Waals surface area contributed by atoms with Crippen LogP contribution in [0, 0.1) is 0 Å². The van der Waals surface area contributed by atoms with Crippen molar-refractivity contribution in [3.8, 4) is 16.9 Å². The van der Waals surface area contributed by atoms with E-state index in [1.165, 1.54) is 5.56 Å². The predicted octanol–water partition coefficient (Wildman–Crippen LogP) is 4.13. The number of methoxy groups -OCH3 is 1. The van der Waals surface area contributed by atoms with Crippen molar-refractivity contribution in [1.82, 2.24) is 15.1 Å². The van der Waals surface area contributed by atoms with Gasteiger partial charge in [-0.15, -0.1) is 0 Å². The predicted molar refractivity (Wildman–Crippen MR) is 110 cm³/mol. The van der Waals surface area contributed by atoms with E-state index in [9.17, 15) is 4.79 Å². The fraction of sp³-hybridized carbons (Fsp3) is 0.273. The number of aromatic nitrogens is 2. The van der Waals surface area contributed by atoms with Gasteiger partial charge in [0.1, 0.15) is 5.75 Å². The van der Waals surface area contributed by atoms with Crippen molar-refractivity contribution in [2.75, 3.05) is 31.6 Å². The molecule has 1 aliphatic heterocycles. The molecule has 1 aliphatic rings. The second-order valence-corrected chi connectivity index (χ2v) is 7.06. The Morgan fingerprint density at radius 3 is 2.71 bits per heavy atom. The quantitative estimate of drug-likeness (QED) is 0.704. The van der Waals surface area contributed by atoms with Gasteiger partial charge in [0.05, 0.1) is 13.3 Å². The lowest BCUT2D eigenvalue weighted by Gasteiger charge is -2.22. The normalized spacial score (nSPS) is 15.1. The molecule has 4 rings (SSSR count). The highest BCUT2D eigenvalue weighted by Gasteiger charge is 2.31. The molecule has 6 heteroatoms. The maximum absolute atomic E-state index is 13.0. The van der Waals surface area contributed by atoms with Crippen LogP contribution in [0.4, 0.5) is 10.5 Å². The van der Waals surface area contributed by atoms with Crippen molar-refractivity contribution in [3.05, 3.63) is 66.5 Å². The molecule has 0 unspecified atom stereocenters. The molecule has 0 spiro atoms. The zero-order chi connectivity index (χ0) is 19.5. The molecule has 2 amide bonds. The number of ether oxygens (including phenoxy) is 1. The van der Waals surface area contributed by atoms with Gasteiger partial charge in [-0.2, -0.15) is 5.10 Å². The Morgan fingerprint density at radius 1 is 1.18 bits per heavy atom. The van der Waals surface area contributed by atoms with Crippen LogP contribution in [0.1, 0.15) is 18.4 Å². The zero-order valence-electron chi connectivity index (χ0n) is 16.1. The minimum atomic E-state index is 0.0425. The number of H-pyrrole nitrogens is 1. The minimum absolute atomic E-state index is 0.0425. The Kier molecular flexibility index (Phi) is 5.02. The van der Waals surface area contributed by atoms with Crippen LogP contribution < -0.4 is 9.64 Å². The number of nitrogens with zero attached hydrogens (tertiary/aromatic N) is 3. The molecule has 2 aromatic carbocycles. The Bertz CT molecular complexity index is 940. The Balaban J connectivity index is 1.50. The molecule has 0 bridgehead atoms. The second kappa shape index (κ2) is 7.76. The van der Waals surface area contributed by atoms with Gasteiger partial charge in [0, 0.05) is 48.7 Å². The van der Waals surface area contributed by atoms with Gasteiger partial charge >= 0.3 is 6.03 Å². The van der Waals surface area contributed by atoms with Crippen molar-refractivity contribution < 1.29 is 9.53 Å². The van der Waals surface area contributed by atoms with Crippen molar-refractivity contribution >= 4 is 11.7 Å². The smallest absolute Gasteiger partial charge is 0.324 e. The van der Waals surface area contributed by atoms with Crippen LogP contribution in [0.25, 0.3) is 11.1 Å².